The molecular weight excluding hydrogens is 246 g/mol. The first-order valence-corrected chi connectivity index (χ1v) is 6.25. The summed E-state index contributed by atoms with van der Waals surface area (Å²) in [4.78, 5) is 16.5. The van der Waals surface area contributed by atoms with Crippen molar-refractivity contribution in [3.05, 3.63) is 18.5 Å². The second-order valence-corrected chi connectivity index (χ2v) is 4.58. The zero-order valence-electron chi connectivity index (χ0n) is 11.2. The number of methoxy groups -OCH3 is 2. The van der Waals surface area contributed by atoms with Crippen molar-refractivity contribution in [2.45, 2.75) is 18.4 Å². The molecule has 6 heteroatoms. The number of anilines is 1. The van der Waals surface area contributed by atoms with Crippen LogP contribution in [0.15, 0.2) is 18.5 Å². The van der Waals surface area contributed by atoms with Gasteiger partial charge in [-0.05, 0) is 19.4 Å². The van der Waals surface area contributed by atoms with Crippen molar-refractivity contribution >= 4 is 11.6 Å². The van der Waals surface area contributed by atoms with Crippen molar-refractivity contribution in [2.75, 3.05) is 32.7 Å². The number of pyridine rings is 1. The van der Waals surface area contributed by atoms with Crippen molar-refractivity contribution in [3.63, 3.8) is 0 Å². The van der Waals surface area contributed by atoms with E-state index in [1.807, 2.05) is 0 Å². The van der Waals surface area contributed by atoms with Gasteiger partial charge in [0.2, 0.25) is 5.91 Å². The van der Waals surface area contributed by atoms with E-state index >= 15 is 0 Å². The van der Waals surface area contributed by atoms with E-state index in [1.165, 1.54) is 0 Å². The molecule has 1 fully saturated rings. The van der Waals surface area contributed by atoms with Crippen LogP contribution in [-0.4, -0.2) is 43.8 Å². The molecule has 1 saturated heterocycles. The van der Waals surface area contributed by atoms with Gasteiger partial charge in [0.15, 0.2) is 0 Å². The fourth-order valence-electron chi connectivity index (χ4n) is 2.33. The highest BCUT2D eigenvalue weighted by atomic mass is 16.5. The molecule has 0 radical (unpaired) electrons. The Morgan fingerprint density at radius 1 is 1.58 bits per heavy atom. The van der Waals surface area contributed by atoms with Gasteiger partial charge in [-0.15, -0.1) is 0 Å². The molecule has 0 spiro atoms. The van der Waals surface area contributed by atoms with Crippen LogP contribution in [0.5, 0.6) is 5.75 Å². The first kappa shape index (κ1) is 13.8. The van der Waals surface area contributed by atoms with Crippen molar-refractivity contribution in [1.29, 1.82) is 0 Å². The molecule has 19 heavy (non-hydrogen) atoms. The molecule has 1 amide bonds. The van der Waals surface area contributed by atoms with Gasteiger partial charge in [-0.3, -0.25) is 9.78 Å². The summed E-state index contributed by atoms with van der Waals surface area (Å²) in [7, 11) is 3.16. The summed E-state index contributed by atoms with van der Waals surface area (Å²) < 4.78 is 10.4. The summed E-state index contributed by atoms with van der Waals surface area (Å²) in [6, 6.07) is 1.71. The summed E-state index contributed by atoms with van der Waals surface area (Å²) in [5.41, 5.74) is -0.0885. The summed E-state index contributed by atoms with van der Waals surface area (Å²) in [5.74, 6) is 0.479. The van der Waals surface area contributed by atoms with Gasteiger partial charge in [0.1, 0.15) is 17.0 Å². The number of carbonyl (C=O) groups is 1. The molecule has 1 aliphatic rings. The summed E-state index contributed by atoms with van der Waals surface area (Å²) in [5, 5.41) is 6.09. The lowest BCUT2D eigenvalue weighted by Gasteiger charge is -2.27. The Morgan fingerprint density at radius 2 is 2.42 bits per heavy atom. The largest absolute Gasteiger partial charge is 0.494 e. The Hall–Kier alpha value is -1.66. The van der Waals surface area contributed by atoms with Crippen LogP contribution >= 0.6 is 0 Å². The zero-order chi connectivity index (χ0) is 13.7. The highest BCUT2D eigenvalue weighted by molar-refractivity contribution is 5.99. The molecule has 2 heterocycles. The number of ether oxygens (including phenoxy) is 2. The molecule has 104 valence electrons. The smallest absolute Gasteiger partial charge is 0.247 e. The molecular formula is C13H19N3O3. The van der Waals surface area contributed by atoms with Gasteiger partial charge in [-0.2, -0.15) is 0 Å². The van der Waals surface area contributed by atoms with Crippen molar-refractivity contribution in [3.8, 4) is 5.75 Å². The van der Waals surface area contributed by atoms with E-state index in [-0.39, 0.29) is 5.91 Å². The Balaban J connectivity index is 2.15. The standard InChI is InChI=1S/C13H19N3O3/c1-18-9-13(5-3-6-15-13)12(17)16-10-8-14-7-4-11(10)19-2/h4,7-8,15H,3,5-6,9H2,1-2H3,(H,16,17). The highest BCUT2D eigenvalue weighted by Gasteiger charge is 2.41. The van der Waals surface area contributed by atoms with E-state index in [1.54, 1.807) is 32.7 Å². The Bertz CT molecular complexity index is 445. The number of carbonyl (C=O) groups excluding carboxylic acids is 1. The molecule has 0 bridgehead atoms. The topological polar surface area (TPSA) is 72.5 Å². The molecule has 1 aromatic rings. The van der Waals surface area contributed by atoms with Crippen molar-refractivity contribution in [2.24, 2.45) is 0 Å². The molecule has 2 N–H and O–H groups in total. The Labute approximate surface area is 112 Å². The summed E-state index contributed by atoms with van der Waals surface area (Å²) in [6.07, 6.45) is 4.91. The van der Waals surface area contributed by atoms with Crippen LogP contribution in [0.2, 0.25) is 0 Å². The summed E-state index contributed by atoms with van der Waals surface area (Å²) in [6.45, 7) is 1.17. The van der Waals surface area contributed by atoms with E-state index in [0.717, 1.165) is 19.4 Å². The molecule has 1 atom stereocenters. The third-order valence-corrected chi connectivity index (χ3v) is 3.32. The molecule has 6 nitrogen and oxygen atoms in total. The zero-order valence-corrected chi connectivity index (χ0v) is 11.2. The van der Waals surface area contributed by atoms with Gasteiger partial charge in [0.25, 0.3) is 0 Å². The molecule has 1 aliphatic heterocycles. The fourth-order valence-corrected chi connectivity index (χ4v) is 2.33. The SMILES string of the molecule is COCC1(C(=O)Nc2cnccc2OC)CCCN1. The second kappa shape index (κ2) is 5.99. The van der Waals surface area contributed by atoms with Crippen LogP contribution in [0, 0.1) is 0 Å². The fraction of sp³-hybridized carbons (Fsp3) is 0.538. The van der Waals surface area contributed by atoms with Gasteiger partial charge in [-0.1, -0.05) is 0 Å². The average molecular weight is 265 g/mol. The average Bonchev–Trinajstić information content (AvgIpc) is 2.90. The predicted molar refractivity (Wildman–Crippen MR) is 71.3 cm³/mol. The number of nitrogens with one attached hydrogen (secondary N) is 2. The predicted octanol–water partition coefficient (Wildman–Crippen LogP) is 0.797. The van der Waals surface area contributed by atoms with E-state index in [4.69, 9.17) is 9.47 Å². The lowest BCUT2D eigenvalue weighted by atomic mass is 9.97. The number of hydrogen-bond acceptors (Lipinski definition) is 5. The van der Waals surface area contributed by atoms with Crippen LogP contribution < -0.4 is 15.4 Å². The quantitative estimate of drug-likeness (QED) is 0.824. The van der Waals surface area contributed by atoms with Crippen LogP contribution in [-0.2, 0) is 9.53 Å². The van der Waals surface area contributed by atoms with Crippen LogP contribution in [0.25, 0.3) is 0 Å². The van der Waals surface area contributed by atoms with E-state index in [0.29, 0.717) is 18.0 Å². The van der Waals surface area contributed by atoms with E-state index < -0.39 is 5.54 Å². The van der Waals surface area contributed by atoms with Gasteiger partial charge in [0.05, 0.1) is 19.9 Å². The van der Waals surface area contributed by atoms with Gasteiger partial charge >= 0.3 is 0 Å². The maximum absolute atomic E-state index is 12.5. The maximum atomic E-state index is 12.5. The van der Waals surface area contributed by atoms with Crippen LogP contribution in [0.3, 0.4) is 0 Å². The third kappa shape index (κ3) is 2.85. The van der Waals surface area contributed by atoms with Crippen LogP contribution in [0.4, 0.5) is 5.69 Å². The molecule has 0 aliphatic carbocycles. The molecule has 1 unspecified atom stereocenters. The minimum Gasteiger partial charge on any atom is -0.494 e. The number of hydrogen-bond donors (Lipinski definition) is 2. The number of nitrogens with zero attached hydrogens (tertiary/aromatic N) is 1. The minimum absolute atomic E-state index is 0.113. The van der Waals surface area contributed by atoms with Crippen molar-refractivity contribution < 1.29 is 14.3 Å². The lowest BCUT2D eigenvalue weighted by Crippen LogP contribution is -2.54. The third-order valence-electron chi connectivity index (χ3n) is 3.32. The van der Waals surface area contributed by atoms with Crippen LogP contribution in [0.1, 0.15) is 12.8 Å². The number of aromatic nitrogens is 1. The van der Waals surface area contributed by atoms with Crippen molar-refractivity contribution in [1.82, 2.24) is 10.3 Å². The lowest BCUT2D eigenvalue weighted by molar-refractivity contribution is -0.123. The van der Waals surface area contributed by atoms with E-state index in [2.05, 4.69) is 15.6 Å². The monoisotopic (exact) mass is 265 g/mol. The second-order valence-electron chi connectivity index (χ2n) is 4.58. The first-order valence-electron chi connectivity index (χ1n) is 6.25. The van der Waals surface area contributed by atoms with Gasteiger partial charge in [-0.25, -0.2) is 0 Å². The van der Waals surface area contributed by atoms with Gasteiger partial charge < -0.3 is 20.1 Å². The number of amides is 1. The minimum atomic E-state index is -0.657. The van der Waals surface area contributed by atoms with E-state index in [9.17, 15) is 4.79 Å². The summed E-state index contributed by atoms with van der Waals surface area (Å²) >= 11 is 0. The van der Waals surface area contributed by atoms with Gasteiger partial charge in [0, 0.05) is 19.4 Å². The molecule has 1 aromatic heterocycles. The number of rotatable bonds is 5. The Kier molecular flexibility index (Phi) is 4.34. The Morgan fingerprint density at radius 3 is 3.05 bits per heavy atom. The molecule has 0 aromatic carbocycles. The first-order chi connectivity index (χ1) is 9.22. The maximum Gasteiger partial charge on any atom is 0.247 e. The molecule has 0 saturated carbocycles. The molecule has 2 rings (SSSR count). The normalized spacial score (nSPS) is 22.2. The highest BCUT2D eigenvalue weighted by Crippen LogP contribution is 2.26.